The zero-order valence-electron chi connectivity index (χ0n) is 15.9. The van der Waals surface area contributed by atoms with Crippen molar-refractivity contribution in [3.8, 4) is 0 Å². The van der Waals surface area contributed by atoms with E-state index < -0.39 is 5.41 Å². The van der Waals surface area contributed by atoms with Crippen LogP contribution in [-0.4, -0.2) is 44.0 Å². The smallest absolute Gasteiger partial charge is 0.227 e. The molecule has 0 unspecified atom stereocenters. The van der Waals surface area contributed by atoms with E-state index in [2.05, 4.69) is 51.7 Å². The zero-order valence-corrected chi connectivity index (χ0v) is 15.9. The number of aryl methyl sites for hydroxylation is 1. The largest absolute Gasteiger partial charge is 0.359 e. The summed E-state index contributed by atoms with van der Waals surface area (Å²) in [6.07, 6.45) is 1.05. The van der Waals surface area contributed by atoms with Gasteiger partial charge in [0.15, 0.2) is 5.96 Å². The van der Waals surface area contributed by atoms with Gasteiger partial charge in [-0.15, -0.1) is 0 Å². The molecule has 134 valence electrons. The van der Waals surface area contributed by atoms with Crippen molar-refractivity contribution < 1.29 is 4.79 Å². The summed E-state index contributed by atoms with van der Waals surface area (Å²) in [4.78, 5) is 18.7. The van der Waals surface area contributed by atoms with Gasteiger partial charge in [-0.25, -0.2) is 0 Å². The SMILES string of the molecule is CCNC(=NCC(C)(C)C(=O)NC)N(C)Cc1ccc(CC)cc1. The highest BCUT2D eigenvalue weighted by atomic mass is 16.2. The van der Waals surface area contributed by atoms with Gasteiger partial charge in [-0.2, -0.15) is 0 Å². The van der Waals surface area contributed by atoms with Crippen LogP contribution in [0.5, 0.6) is 0 Å². The minimum atomic E-state index is -0.529. The van der Waals surface area contributed by atoms with Crippen molar-refractivity contribution in [2.75, 3.05) is 27.2 Å². The number of aliphatic imine (C=N–C) groups is 1. The van der Waals surface area contributed by atoms with Crippen molar-refractivity contribution in [1.29, 1.82) is 0 Å². The quantitative estimate of drug-likeness (QED) is 0.595. The maximum Gasteiger partial charge on any atom is 0.227 e. The number of benzene rings is 1. The monoisotopic (exact) mass is 332 g/mol. The van der Waals surface area contributed by atoms with Gasteiger partial charge >= 0.3 is 0 Å². The van der Waals surface area contributed by atoms with Crippen LogP contribution in [0.3, 0.4) is 0 Å². The number of hydrogen-bond acceptors (Lipinski definition) is 2. The predicted molar refractivity (Wildman–Crippen MR) is 101 cm³/mol. The van der Waals surface area contributed by atoms with Crippen LogP contribution in [0.25, 0.3) is 0 Å². The number of hydrogen-bond donors (Lipinski definition) is 2. The van der Waals surface area contributed by atoms with Gasteiger partial charge in [0.05, 0.1) is 12.0 Å². The molecular formula is C19H32N4O. The fourth-order valence-corrected chi connectivity index (χ4v) is 2.38. The summed E-state index contributed by atoms with van der Waals surface area (Å²) in [5.74, 6) is 0.814. The maximum absolute atomic E-state index is 11.9. The molecular weight excluding hydrogens is 300 g/mol. The second-order valence-electron chi connectivity index (χ2n) is 6.66. The molecule has 24 heavy (non-hydrogen) atoms. The Morgan fingerprint density at radius 1 is 1.17 bits per heavy atom. The molecule has 0 bridgehead atoms. The summed E-state index contributed by atoms with van der Waals surface area (Å²) < 4.78 is 0. The van der Waals surface area contributed by atoms with Crippen LogP contribution >= 0.6 is 0 Å². The molecule has 0 spiro atoms. The lowest BCUT2D eigenvalue weighted by Crippen LogP contribution is -2.41. The molecule has 0 saturated carbocycles. The number of amides is 1. The third-order valence-electron chi connectivity index (χ3n) is 4.01. The molecule has 5 nitrogen and oxygen atoms in total. The second kappa shape index (κ2) is 9.30. The van der Waals surface area contributed by atoms with Crippen molar-refractivity contribution in [1.82, 2.24) is 15.5 Å². The molecule has 1 rings (SSSR count). The highest BCUT2D eigenvalue weighted by molar-refractivity contribution is 5.83. The summed E-state index contributed by atoms with van der Waals surface area (Å²) in [7, 11) is 3.67. The molecule has 0 aromatic heterocycles. The highest BCUT2D eigenvalue weighted by Crippen LogP contribution is 2.15. The van der Waals surface area contributed by atoms with Gasteiger partial charge in [-0.3, -0.25) is 9.79 Å². The predicted octanol–water partition coefficient (Wildman–Crippen LogP) is 2.42. The lowest BCUT2D eigenvalue weighted by atomic mass is 9.93. The molecule has 0 radical (unpaired) electrons. The van der Waals surface area contributed by atoms with E-state index in [0.29, 0.717) is 6.54 Å². The molecule has 2 N–H and O–H groups in total. The third kappa shape index (κ3) is 5.87. The van der Waals surface area contributed by atoms with Crippen LogP contribution < -0.4 is 10.6 Å². The molecule has 0 saturated heterocycles. The first-order valence-corrected chi connectivity index (χ1v) is 8.63. The number of nitrogens with zero attached hydrogens (tertiary/aromatic N) is 2. The fourth-order valence-electron chi connectivity index (χ4n) is 2.38. The third-order valence-corrected chi connectivity index (χ3v) is 4.01. The van der Waals surface area contributed by atoms with Crippen molar-refractivity contribution in [2.45, 2.75) is 40.7 Å². The number of carbonyl (C=O) groups is 1. The molecule has 1 amide bonds. The number of rotatable bonds is 7. The van der Waals surface area contributed by atoms with Crippen LogP contribution in [0.4, 0.5) is 0 Å². The van der Waals surface area contributed by atoms with Crippen molar-refractivity contribution in [2.24, 2.45) is 10.4 Å². The van der Waals surface area contributed by atoms with Gasteiger partial charge in [0, 0.05) is 27.2 Å². The van der Waals surface area contributed by atoms with Gasteiger partial charge in [-0.05, 0) is 38.3 Å². The summed E-state index contributed by atoms with van der Waals surface area (Å²) in [5.41, 5.74) is 2.05. The topological polar surface area (TPSA) is 56.7 Å². The Bertz CT molecular complexity index is 549. The first kappa shape index (κ1) is 20.0. The zero-order chi connectivity index (χ0) is 18.2. The van der Waals surface area contributed by atoms with E-state index in [4.69, 9.17) is 0 Å². The molecule has 0 heterocycles. The standard InChI is InChI=1S/C19H32N4O/c1-7-15-9-11-16(12-10-15)13-23(6)18(21-8-2)22-14-19(3,4)17(24)20-5/h9-12H,7-8,13-14H2,1-6H3,(H,20,24)(H,21,22). The van der Waals surface area contributed by atoms with Gasteiger partial charge in [0.2, 0.25) is 5.91 Å². The lowest BCUT2D eigenvalue weighted by Gasteiger charge is -2.25. The molecule has 0 fully saturated rings. The van der Waals surface area contributed by atoms with Crippen molar-refractivity contribution in [3.05, 3.63) is 35.4 Å². The van der Waals surface area contributed by atoms with E-state index in [1.54, 1.807) is 7.05 Å². The van der Waals surface area contributed by atoms with Crippen LogP contribution in [-0.2, 0) is 17.8 Å². The second-order valence-corrected chi connectivity index (χ2v) is 6.66. The van der Waals surface area contributed by atoms with Gasteiger partial charge in [-0.1, -0.05) is 31.2 Å². The Morgan fingerprint density at radius 3 is 2.25 bits per heavy atom. The molecule has 0 aliphatic carbocycles. The summed E-state index contributed by atoms with van der Waals surface area (Å²) in [5, 5.41) is 6.00. The molecule has 5 heteroatoms. The summed E-state index contributed by atoms with van der Waals surface area (Å²) in [6, 6.07) is 8.66. The van der Waals surface area contributed by atoms with Gasteiger partial charge in [0.25, 0.3) is 0 Å². The van der Waals surface area contributed by atoms with Crippen molar-refractivity contribution in [3.63, 3.8) is 0 Å². The first-order valence-electron chi connectivity index (χ1n) is 8.63. The minimum Gasteiger partial charge on any atom is -0.359 e. The normalized spacial score (nSPS) is 12.0. The summed E-state index contributed by atoms with van der Waals surface area (Å²) >= 11 is 0. The van der Waals surface area contributed by atoms with Crippen LogP contribution in [0, 0.1) is 5.41 Å². The number of carbonyl (C=O) groups excluding carboxylic acids is 1. The maximum atomic E-state index is 11.9. The molecule has 1 aromatic rings. The van der Waals surface area contributed by atoms with E-state index in [-0.39, 0.29) is 5.91 Å². The van der Waals surface area contributed by atoms with E-state index in [1.165, 1.54) is 11.1 Å². The fraction of sp³-hybridized carbons (Fsp3) is 0.579. The van der Waals surface area contributed by atoms with E-state index in [9.17, 15) is 4.79 Å². The number of guanidine groups is 1. The Labute approximate surface area is 146 Å². The van der Waals surface area contributed by atoms with Gasteiger partial charge < -0.3 is 15.5 Å². The molecule has 0 atom stereocenters. The average molecular weight is 332 g/mol. The Morgan fingerprint density at radius 2 is 1.75 bits per heavy atom. The van der Waals surface area contributed by atoms with Gasteiger partial charge in [0.1, 0.15) is 0 Å². The molecule has 0 aliphatic heterocycles. The van der Waals surface area contributed by atoms with Crippen LogP contribution in [0.15, 0.2) is 29.3 Å². The van der Waals surface area contributed by atoms with E-state index in [1.807, 2.05) is 27.8 Å². The van der Waals surface area contributed by atoms with Crippen LogP contribution in [0.2, 0.25) is 0 Å². The first-order chi connectivity index (χ1) is 11.3. The van der Waals surface area contributed by atoms with Crippen LogP contribution in [0.1, 0.15) is 38.8 Å². The Kier molecular flexibility index (Phi) is 7.75. The average Bonchev–Trinajstić information content (AvgIpc) is 2.58. The molecule has 1 aromatic carbocycles. The minimum absolute atomic E-state index is 0.0000871. The highest BCUT2D eigenvalue weighted by Gasteiger charge is 2.26. The Hall–Kier alpha value is -2.04. The lowest BCUT2D eigenvalue weighted by molar-refractivity contribution is -0.128. The van der Waals surface area contributed by atoms with Crippen molar-refractivity contribution >= 4 is 11.9 Å². The van der Waals surface area contributed by atoms with E-state index >= 15 is 0 Å². The molecule has 0 aliphatic rings. The van der Waals surface area contributed by atoms with E-state index in [0.717, 1.165) is 25.5 Å². The summed E-state index contributed by atoms with van der Waals surface area (Å²) in [6.45, 7) is 10.0. The Balaban J connectivity index is 2.81. The number of nitrogens with one attached hydrogen (secondary N) is 2.